The first-order valence-corrected chi connectivity index (χ1v) is 9.63. The molecule has 27 heavy (non-hydrogen) atoms. The van der Waals surface area contributed by atoms with Crippen molar-refractivity contribution in [2.45, 2.75) is 38.3 Å². The molecule has 0 aliphatic carbocycles. The van der Waals surface area contributed by atoms with Crippen LogP contribution in [0.3, 0.4) is 0 Å². The van der Waals surface area contributed by atoms with E-state index in [1.54, 1.807) is 12.1 Å². The molecule has 6 heteroatoms. The predicted octanol–water partition coefficient (Wildman–Crippen LogP) is 1.95. The van der Waals surface area contributed by atoms with Crippen molar-refractivity contribution in [2.24, 2.45) is 5.92 Å². The number of nitriles is 2. The molecule has 2 saturated heterocycles. The molecule has 2 aliphatic rings. The van der Waals surface area contributed by atoms with Gasteiger partial charge in [0, 0.05) is 44.9 Å². The zero-order chi connectivity index (χ0) is 19.2. The van der Waals surface area contributed by atoms with Crippen molar-refractivity contribution >= 4 is 5.91 Å². The highest BCUT2D eigenvalue weighted by atomic mass is 16.5. The lowest BCUT2D eigenvalue weighted by atomic mass is 9.97. The SMILES string of the molecule is C[C@@H]1CN(C2CCOCC2)CCN1C(=O)C(C#N)Cc1ccc(C#N)cc1. The lowest BCUT2D eigenvalue weighted by molar-refractivity contribution is -0.139. The number of hydrogen-bond donors (Lipinski definition) is 0. The third-order valence-electron chi connectivity index (χ3n) is 5.63. The van der Waals surface area contributed by atoms with Crippen molar-refractivity contribution < 1.29 is 9.53 Å². The maximum Gasteiger partial charge on any atom is 0.240 e. The van der Waals surface area contributed by atoms with Crippen molar-refractivity contribution in [3.05, 3.63) is 35.4 Å². The largest absolute Gasteiger partial charge is 0.381 e. The second-order valence-electron chi connectivity index (χ2n) is 7.41. The van der Waals surface area contributed by atoms with Gasteiger partial charge in [-0.1, -0.05) is 12.1 Å². The van der Waals surface area contributed by atoms with Crippen LogP contribution in [0.4, 0.5) is 0 Å². The summed E-state index contributed by atoms with van der Waals surface area (Å²) in [6, 6.07) is 12.0. The van der Waals surface area contributed by atoms with E-state index in [4.69, 9.17) is 10.00 Å². The quantitative estimate of drug-likeness (QED) is 0.814. The molecule has 0 saturated carbocycles. The van der Waals surface area contributed by atoms with E-state index in [0.29, 0.717) is 24.6 Å². The van der Waals surface area contributed by atoms with Gasteiger partial charge in [0.15, 0.2) is 0 Å². The van der Waals surface area contributed by atoms with E-state index in [1.807, 2.05) is 17.0 Å². The number of carbonyl (C=O) groups excluding carboxylic acids is 1. The maximum absolute atomic E-state index is 13.0. The van der Waals surface area contributed by atoms with Gasteiger partial charge in [0.25, 0.3) is 0 Å². The van der Waals surface area contributed by atoms with Crippen LogP contribution in [-0.4, -0.2) is 60.6 Å². The molecule has 1 aromatic rings. The Hall–Kier alpha value is -2.41. The first-order chi connectivity index (χ1) is 13.1. The van der Waals surface area contributed by atoms with Gasteiger partial charge in [-0.05, 0) is 43.9 Å². The van der Waals surface area contributed by atoms with E-state index >= 15 is 0 Å². The number of benzene rings is 1. The molecule has 0 bridgehead atoms. The van der Waals surface area contributed by atoms with Crippen LogP contribution in [-0.2, 0) is 16.0 Å². The molecule has 0 aromatic heterocycles. The van der Waals surface area contributed by atoms with Crippen molar-refractivity contribution in [1.82, 2.24) is 9.80 Å². The van der Waals surface area contributed by atoms with Crippen LogP contribution in [0.25, 0.3) is 0 Å². The topological polar surface area (TPSA) is 80.4 Å². The maximum atomic E-state index is 13.0. The molecule has 0 radical (unpaired) electrons. The Labute approximate surface area is 160 Å². The summed E-state index contributed by atoms with van der Waals surface area (Å²) in [4.78, 5) is 17.3. The monoisotopic (exact) mass is 366 g/mol. The molecule has 1 aromatic carbocycles. The molecule has 1 amide bonds. The molecular weight excluding hydrogens is 340 g/mol. The van der Waals surface area contributed by atoms with Crippen molar-refractivity contribution in [3.63, 3.8) is 0 Å². The number of piperazine rings is 1. The van der Waals surface area contributed by atoms with Gasteiger partial charge in [-0.15, -0.1) is 0 Å². The molecule has 1 unspecified atom stereocenters. The molecule has 2 fully saturated rings. The number of rotatable bonds is 4. The Morgan fingerprint density at radius 1 is 1.22 bits per heavy atom. The second-order valence-corrected chi connectivity index (χ2v) is 7.41. The Balaban J connectivity index is 1.60. The molecule has 3 rings (SSSR count). The summed E-state index contributed by atoms with van der Waals surface area (Å²) in [7, 11) is 0. The number of nitrogens with zero attached hydrogens (tertiary/aromatic N) is 4. The first-order valence-electron chi connectivity index (χ1n) is 9.63. The van der Waals surface area contributed by atoms with Gasteiger partial charge >= 0.3 is 0 Å². The van der Waals surface area contributed by atoms with E-state index in [2.05, 4.69) is 24.0 Å². The summed E-state index contributed by atoms with van der Waals surface area (Å²) in [6.07, 6.45) is 2.49. The molecule has 2 heterocycles. The van der Waals surface area contributed by atoms with E-state index in [-0.39, 0.29) is 11.9 Å². The summed E-state index contributed by atoms with van der Waals surface area (Å²) in [5.41, 5.74) is 1.49. The van der Waals surface area contributed by atoms with Crippen LogP contribution in [0.2, 0.25) is 0 Å². The fourth-order valence-corrected chi connectivity index (χ4v) is 4.03. The average molecular weight is 366 g/mol. The van der Waals surface area contributed by atoms with E-state index in [0.717, 1.165) is 44.7 Å². The van der Waals surface area contributed by atoms with Gasteiger partial charge < -0.3 is 9.64 Å². The minimum Gasteiger partial charge on any atom is -0.381 e. The zero-order valence-corrected chi connectivity index (χ0v) is 15.8. The van der Waals surface area contributed by atoms with Gasteiger partial charge in [-0.3, -0.25) is 9.69 Å². The second kappa shape index (κ2) is 8.99. The average Bonchev–Trinajstić information content (AvgIpc) is 2.72. The number of carbonyl (C=O) groups is 1. The van der Waals surface area contributed by atoms with Crippen molar-refractivity contribution in [2.75, 3.05) is 32.8 Å². The van der Waals surface area contributed by atoms with Crippen molar-refractivity contribution in [1.29, 1.82) is 10.5 Å². The normalized spacial score (nSPS) is 22.6. The first kappa shape index (κ1) is 19.4. The highest BCUT2D eigenvalue weighted by Crippen LogP contribution is 2.21. The Morgan fingerprint density at radius 3 is 2.52 bits per heavy atom. The summed E-state index contributed by atoms with van der Waals surface area (Å²) >= 11 is 0. The van der Waals surface area contributed by atoms with E-state index < -0.39 is 5.92 Å². The molecule has 142 valence electrons. The van der Waals surface area contributed by atoms with Crippen LogP contribution in [0.5, 0.6) is 0 Å². The highest BCUT2D eigenvalue weighted by Gasteiger charge is 2.34. The number of ether oxygens (including phenoxy) is 1. The zero-order valence-electron chi connectivity index (χ0n) is 15.8. The summed E-state index contributed by atoms with van der Waals surface area (Å²) in [6.45, 7) is 6.09. The third-order valence-corrected chi connectivity index (χ3v) is 5.63. The lowest BCUT2D eigenvalue weighted by Gasteiger charge is -2.44. The fourth-order valence-electron chi connectivity index (χ4n) is 4.03. The summed E-state index contributed by atoms with van der Waals surface area (Å²) in [5, 5.41) is 18.4. The molecule has 6 nitrogen and oxygen atoms in total. The van der Waals surface area contributed by atoms with Crippen LogP contribution in [0.15, 0.2) is 24.3 Å². The van der Waals surface area contributed by atoms with Gasteiger partial charge in [-0.25, -0.2) is 0 Å². The van der Waals surface area contributed by atoms with Crippen LogP contribution >= 0.6 is 0 Å². The predicted molar refractivity (Wildman–Crippen MR) is 101 cm³/mol. The van der Waals surface area contributed by atoms with Gasteiger partial charge in [-0.2, -0.15) is 10.5 Å². The molecule has 0 spiro atoms. The van der Waals surface area contributed by atoms with E-state index in [9.17, 15) is 10.1 Å². The molecular formula is C21H26N4O2. The fraction of sp³-hybridized carbons (Fsp3) is 0.571. The van der Waals surface area contributed by atoms with Gasteiger partial charge in [0.1, 0.15) is 5.92 Å². The number of hydrogen-bond acceptors (Lipinski definition) is 5. The minimum atomic E-state index is -0.685. The standard InChI is InChI=1S/C21H26N4O2/c1-16-15-24(20-6-10-27-11-7-20)8-9-25(16)21(26)19(14-23)12-17-2-4-18(13-22)5-3-17/h2-5,16,19-20H,6-12,15H2,1H3/t16-,19?/m1/s1. The van der Waals surface area contributed by atoms with E-state index in [1.165, 1.54) is 0 Å². The Bertz CT molecular complexity index is 728. The van der Waals surface area contributed by atoms with Crippen LogP contribution in [0.1, 0.15) is 30.9 Å². The van der Waals surface area contributed by atoms with Crippen molar-refractivity contribution in [3.8, 4) is 12.1 Å². The lowest BCUT2D eigenvalue weighted by Crippen LogP contribution is -2.58. The van der Waals surface area contributed by atoms with Crippen LogP contribution < -0.4 is 0 Å². The minimum absolute atomic E-state index is 0.0824. The molecule has 0 N–H and O–H groups in total. The Kier molecular flexibility index (Phi) is 6.45. The smallest absolute Gasteiger partial charge is 0.240 e. The number of amides is 1. The highest BCUT2D eigenvalue weighted by molar-refractivity contribution is 5.82. The van der Waals surface area contributed by atoms with Gasteiger partial charge in [0.2, 0.25) is 5.91 Å². The Morgan fingerprint density at radius 2 is 1.93 bits per heavy atom. The molecule has 2 atom stereocenters. The van der Waals surface area contributed by atoms with Crippen LogP contribution in [0, 0.1) is 28.6 Å². The third kappa shape index (κ3) is 4.66. The van der Waals surface area contributed by atoms with Gasteiger partial charge in [0.05, 0.1) is 17.7 Å². The summed E-state index contributed by atoms with van der Waals surface area (Å²) < 4.78 is 5.45. The summed E-state index contributed by atoms with van der Waals surface area (Å²) in [5.74, 6) is -0.768. The molecule has 2 aliphatic heterocycles.